The molecule has 1 aliphatic rings. The van der Waals surface area contributed by atoms with Gasteiger partial charge in [0.25, 0.3) is 0 Å². The molecule has 0 aliphatic heterocycles. The Bertz CT molecular complexity index is 155. The number of ether oxygens (including phenoxy) is 1. The minimum Gasteiger partial charge on any atom is -0.368 e. The van der Waals surface area contributed by atoms with E-state index in [4.69, 9.17) is 15.3 Å². The summed E-state index contributed by atoms with van der Waals surface area (Å²) in [6, 6.07) is 0. The Balaban J connectivity index is 2.06. The second-order valence-corrected chi connectivity index (χ2v) is 3.49. The molecule has 3 heteroatoms. The standard InChI is InChI=1S/C9H17NO2/c1-2-8(11)12-6-5-9(7-10)3-4-9/h7-8,10-11H,2-6H2,1H3/t8-/m1/s1. The van der Waals surface area contributed by atoms with Crippen LogP contribution in [0.5, 0.6) is 0 Å². The maximum absolute atomic E-state index is 9.07. The van der Waals surface area contributed by atoms with Crippen molar-refractivity contribution in [3.63, 3.8) is 0 Å². The van der Waals surface area contributed by atoms with Crippen molar-refractivity contribution in [3.05, 3.63) is 0 Å². The number of hydrogen-bond donors (Lipinski definition) is 2. The van der Waals surface area contributed by atoms with Gasteiger partial charge in [-0.1, -0.05) is 6.92 Å². The van der Waals surface area contributed by atoms with Gasteiger partial charge in [-0.05, 0) is 25.7 Å². The van der Waals surface area contributed by atoms with E-state index in [1.165, 1.54) is 6.21 Å². The summed E-state index contributed by atoms with van der Waals surface area (Å²) < 4.78 is 5.12. The van der Waals surface area contributed by atoms with Gasteiger partial charge in [0.2, 0.25) is 0 Å². The molecule has 0 unspecified atom stereocenters. The number of rotatable bonds is 6. The zero-order chi connectivity index (χ0) is 9.03. The van der Waals surface area contributed by atoms with Crippen LogP contribution in [0.3, 0.4) is 0 Å². The lowest BCUT2D eigenvalue weighted by molar-refractivity contribution is -0.102. The average Bonchev–Trinajstić information content (AvgIpc) is 2.85. The summed E-state index contributed by atoms with van der Waals surface area (Å²) in [5, 5.41) is 16.2. The van der Waals surface area contributed by atoms with Crippen LogP contribution in [0.4, 0.5) is 0 Å². The third kappa shape index (κ3) is 2.57. The molecule has 0 aromatic carbocycles. The van der Waals surface area contributed by atoms with E-state index in [1.807, 2.05) is 6.92 Å². The molecule has 1 aliphatic carbocycles. The fourth-order valence-corrected chi connectivity index (χ4v) is 1.14. The predicted molar refractivity (Wildman–Crippen MR) is 47.3 cm³/mol. The van der Waals surface area contributed by atoms with E-state index < -0.39 is 6.29 Å². The first-order valence-corrected chi connectivity index (χ1v) is 4.54. The maximum atomic E-state index is 9.07. The third-order valence-electron chi connectivity index (χ3n) is 2.46. The van der Waals surface area contributed by atoms with Crippen LogP contribution in [0.1, 0.15) is 32.6 Å². The first kappa shape index (κ1) is 9.68. The summed E-state index contributed by atoms with van der Waals surface area (Å²) >= 11 is 0. The SMILES string of the molecule is CC[C@H](O)OCCC1(C=N)CC1. The molecule has 70 valence electrons. The highest BCUT2D eigenvalue weighted by Crippen LogP contribution is 2.46. The van der Waals surface area contributed by atoms with Gasteiger partial charge in [0.15, 0.2) is 6.29 Å². The first-order valence-electron chi connectivity index (χ1n) is 4.54. The van der Waals surface area contributed by atoms with Crippen molar-refractivity contribution in [1.29, 1.82) is 5.41 Å². The zero-order valence-electron chi connectivity index (χ0n) is 7.55. The molecule has 2 N–H and O–H groups in total. The van der Waals surface area contributed by atoms with Gasteiger partial charge in [-0.3, -0.25) is 0 Å². The summed E-state index contributed by atoms with van der Waals surface area (Å²) in [7, 11) is 0. The zero-order valence-corrected chi connectivity index (χ0v) is 7.55. The fourth-order valence-electron chi connectivity index (χ4n) is 1.14. The highest BCUT2D eigenvalue weighted by atomic mass is 16.6. The van der Waals surface area contributed by atoms with E-state index in [0.29, 0.717) is 13.0 Å². The van der Waals surface area contributed by atoms with Gasteiger partial charge in [-0.2, -0.15) is 0 Å². The van der Waals surface area contributed by atoms with Gasteiger partial charge in [-0.15, -0.1) is 0 Å². The summed E-state index contributed by atoms with van der Waals surface area (Å²) in [5.74, 6) is 0. The highest BCUT2D eigenvalue weighted by Gasteiger charge is 2.39. The molecule has 12 heavy (non-hydrogen) atoms. The van der Waals surface area contributed by atoms with Gasteiger partial charge >= 0.3 is 0 Å². The average molecular weight is 171 g/mol. The molecule has 0 spiro atoms. The molecule has 0 aromatic rings. The normalized spacial score (nSPS) is 21.8. The Morgan fingerprint density at radius 1 is 1.67 bits per heavy atom. The summed E-state index contributed by atoms with van der Waals surface area (Å²) in [6.45, 7) is 2.46. The Labute approximate surface area is 73.2 Å². The maximum Gasteiger partial charge on any atom is 0.154 e. The van der Waals surface area contributed by atoms with Crippen LogP contribution in [0.25, 0.3) is 0 Å². The molecule has 1 atom stereocenters. The second kappa shape index (κ2) is 4.01. The van der Waals surface area contributed by atoms with E-state index in [0.717, 1.165) is 19.3 Å². The Kier molecular flexibility index (Phi) is 3.23. The van der Waals surface area contributed by atoms with E-state index in [-0.39, 0.29) is 5.41 Å². The number of aliphatic hydroxyl groups is 1. The number of nitrogens with one attached hydrogen (secondary N) is 1. The minimum atomic E-state index is -0.619. The van der Waals surface area contributed by atoms with E-state index >= 15 is 0 Å². The Hall–Kier alpha value is -0.410. The predicted octanol–water partition coefficient (Wildman–Crippen LogP) is 1.55. The molecule has 1 fully saturated rings. The summed E-state index contributed by atoms with van der Waals surface area (Å²) in [5.41, 5.74) is 0.132. The minimum absolute atomic E-state index is 0.132. The lowest BCUT2D eigenvalue weighted by atomic mass is 10.1. The monoisotopic (exact) mass is 171 g/mol. The summed E-state index contributed by atoms with van der Waals surface area (Å²) in [4.78, 5) is 0. The van der Waals surface area contributed by atoms with Crippen LogP contribution in [0, 0.1) is 10.8 Å². The fraction of sp³-hybridized carbons (Fsp3) is 0.889. The van der Waals surface area contributed by atoms with E-state index in [2.05, 4.69) is 0 Å². The smallest absolute Gasteiger partial charge is 0.154 e. The molecule has 0 aromatic heterocycles. The van der Waals surface area contributed by atoms with Gasteiger partial charge in [0, 0.05) is 11.6 Å². The van der Waals surface area contributed by atoms with Crippen molar-refractivity contribution in [2.75, 3.05) is 6.61 Å². The lowest BCUT2D eigenvalue weighted by Crippen LogP contribution is -2.14. The lowest BCUT2D eigenvalue weighted by Gasteiger charge is -2.12. The molecule has 0 radical (unpaired) electrons. The van der Waals surface area contributed by atoms with Crippen LogP contribution in [0.2, 0.25) is 0 Å². The van der Waals surface area contributed by atoms with Crippen LogP contribution in [-0.4, -0.2) is 24.2 Å². The van der Waals surface area contributed by atoms with Crippen molar-refractivity contribution in [3.8, 4) is 0 Å². The van der Waals surface area contributed by atoms with Gasteiger partial charge in [-0.25, -0.2) is 0 Å². The molecular formula is C9H17NO2. The van der Waals surface area contributed by atoms with Crippen molar-refractivity contribution in [2.24, 2.45) is 5.41 Å². The van der Waals surface area contributed by atoms with Crippen molar-refractivity contribution in [1.82, 2.24) is 0 Å². The van der Waals surface area contributed by atoms with Crippen LogP contribution in [-0.2, 0) is 4.74 Å². The molecule has 0 bridgehead atoms. The molecular weight excluding hydrogens is 154 g/mol. The highest BCUT2D eigenvalue weighted by molar-refractivity contribution is 5.66. The topological polar surface area (TPSA) is 53.3 Å². The second-order valence-electron chi connectivity index (χ2n) is 3.49. The van der Waals surface area contributed by atoms with Crippen molar-refractivity contribution in [2.45, 2.75) is 38.9 Å². The Morgan fingerprint density at radius 2 is 2.33 bits per heavy atom. The molecule has 0 heterocycles. The molecule has 1 rings (SSSR count). The van der Waals surface area contributed by atoms with Crippen molar-refractivity contribution >= 4 is 6.21 Å². The number of hydrogen-bond acceptors (Lipinski definition) is 3. The summed E-state index contributed by atoms with van der Waals surface area (Å²) in [6.07, 6.45) is 4.65. The van der Waals surface area contributed by atoms with Crippen LogP contribution < -0.4 is 0 Å². The van der Waals surface area contributed by atoms with E-state index in [9.17, 15) is 0 Å². The third-order valence-corrected chi connectivity index (χ3v) is 2.46. The molecule has 0 saturated heterocycles. The molecule has 0 amide bonds. The number of aliphatic hydroxyl groups excluding tert-OH is 1. The quantitative estimate of drug-likeness (QED) is 0.470. The van der Waals surface area contributed by atoms with Gasteiger partial charge < -0.3 is 15.3 Å². The van der Waals surface area contributed by atoms with Gasteiger partial charge in [0.05, 0.1) is 6.61 Å². The van der Waals surface area contributed by atoms with Crippen LogP contribution in [0.15, 0.2) is 0 Å². The van der Waals surface area contributed by atoms with Gasteiger partial charge in [0.1, 0.15) is 0 Å². The largest absolute Gasteiger partial charge is 0.368 e. The van der Waals surface area contributed by atoms with Crippen LogP contribution >= 0.6 is 0 Å². The molecule has 3 nitrogen and oxygen atoms in total. The van der Waals surface area contributed by atoms with Crippen molar-refractivity contribution < 1.29 is 9.84 Å². The Morgan fingerprint density at radius 3 is 2.75 bits per heavy atom. The first-order chi connectivity index (χ1) is 5.72. The van der Waals surface area contributed by atoms with E-state index in [1.54, 1.807) is 0 Å². The molecule has 1 saturated carbocycles.